The van der Waals surface area contributed by atoms with Crippen molar-refractivity contribution >= 4 is 23.8 Å². The predicted molar refractivity (Wildman–Crippen MR) is 86.9 cm³/mol. The number of ether oxygens (including phenoxy) is 1. The zero-order valence-corrected chi connectivity index (χ0v) is 14.0. The molecule has 7 heteroatoms. The fraction of sp³-hybridized carbons (Fsp3) is 0.500. The molecule has 0 spiro atoms. The summed E-state index contributed by atoms with van der Waals surface area (Å²) in [6, 6.07) is 6.55. The first-order valence-electron chi connectivity index (χ1n) is 7.68. The van der Waals surface area contributed by atoms with Crippen LogP contribution in [0.25, 0.3) is 0 Å². The summed E-state index contributed by atoms with van der Waals surface area (Å²) in [6.45, 7) is 4.14. The second-order valence-corrected chi connectivity index (χ2v) is 6.23. The van der Waals surface area contributed by atoms with Crippen molar-refractivity contribution < 1.29 is 18.7 Å². The van der Waals surface area contributed by atoms with E-state index in [1.807, 2.05) is 0 Å². The van der Waals surface area contributed by atoms with Gasteiger partial charge in [0.25, 0.3) is 0 Å². The molecule has 0 bridgehead atoms. The number of carbonyl (C=O) groups is 2. The van der Waals surface area contributed by atoms with Crippen LogP contribution in [0, 0.1) is 5.82 Å². The van der Waals surface area contributed by atoms with Gasteiger partial charge in [-0.1, -0.05) is 12.1 Å². The van der Waals surface area contributed by atoms with Crippen molar-refractivity contribution in [2.45, 2.75) is 18.2 Å². The molecule has 0 N–H and O–H groups in total. The van der Waals surface area contributed by atoms with Gasteiger partial charge < -0.3 is 14.5 Å². The highest BCUT2D eigenvalue weighted by Gasteiger charge is 2.24. The first kappa shape index (κ1) is 17.6. The Hall–Kier alpha value is -1.76. The Kier molecular flexibility index (Phi) is 6.70. The van der Waals surface area contributed by atoms with E-state index in [0.29, 0.717) is 49.9 Å². The lowest BCUT2D eigenvalue weighted by molar-refractivity contribution is -0.132. The standard InChI is InChI=1S/C16H21FN2O3S/c1-2-22-16(21)19-10-8-18(9-11-19)15(20)7-12-23-14-6-4-3-5-13(14)17/h3-6H,2,7-12H2,1H3. The van der Waals surface area contributed by atoms with Crippen LogP contribution in [0.1, 0.15) is 13.3 Å². The molecule has 0 atom stereocenters. The normalized spacial score (nSPS) is 14.7. The van der Waals surface area contributed by atoms with Gasteiger partial charge in [0.2, 0.25) is 5.91 Å². The minimum absolute atomic E-state index is 0.0392. The lowest BCUT2D eigenvalue weighted by Gasteiger charge is -2.34. The maximum atomic E-state index is 13.5. The number of halogens is 1. The largest absolute Gasteiger partial charge is 0.450 e. The third-order valence-corrected chi connectivity index (χ3v) is 4.62. The molecule has 1 saturated heterocycles. The second-order valence-electron chi connectivity index (χ2n) is 5.10. The van der Waals surface area contributed by atoms with Gasteiger partial charge in [0.1, 0.15) is 5.82 Å². The SMILES string of the molecule is CCOC(=O)N1CCN(C(=O)CCSc2ccccc2F)CC1. The van der Waals surface area contributed by atoms with Crippen molar-refractivity contribution in [3.05, 3.63) is 30.1 Å². The van der Waals surface area contributed by atoms with Crippen LogP contribution in [0.3, 0.4) is 0 Å². The molecule has 0 aliphatic carbocycles. The van der Waals surface area contributed by atoms with Gasteiger partial charge in [0, 0.05) is 43.2 Å². The van der Waals surface area contributed by atoms with E-state index in [1.54, 1.807) is 34.9 Å². The van der Waals surface area contributed by atoms with Crippen LogP contribution in [0.4, 0.5) is 9.18 Å². The van der Waals surface area contributed by atoms with Crippen molar-refractivity contribution in [3.8, 4) is 0 Å². The van der Waals surface area contributed by atoms with Crippen LogP contribution in [0.5, 0.6) is 0 Å². The van der Waals surface area contributed by atoms with E-state index in [4.69, 9.17) is 4.74 Å². The van der Waals surface area contributed by atoms with Gasteiger partial charge in [-0.15, -0.1) is 11.8 Å². The van der Waals surface area contributed by atoms with Crippen molar-refractivity contribution in [2.75, 3.05) is 38.5 Å². The van der Waals surface area contributed by atoms with Gasteiger partial charge in [-0.3, -0.25) is 4.79 Å². The molecular formula is C16H21FN2O3S. The molecule has 1 fully saturated rings. The number of rotatable bonds is 5. The van der Waals surface area contributed by atoms with E-state index in [1.165, 1.54) is 17.8 Å². The van der Waals surface area contributed by atoms with Crippen molar-refractivity contribution in [1.29, 1.82) is 0 Å². The Bertz CT molecular complexity index is 548. The molecule has 2 amide bonds. The highest BCUT2D eigenvalue weighted by molar-refractivity contribution is 7.99. The Balaban J connectivity index is 1.71. The summed E-state index contributed by atoms with van der Waals surface area (Å²) in [5, 5.41) is 0. The molecule has 2 rings (SSSR count). The fourth-order valence-electron chi connectivity index (χ4n) is 2.32. The van der Waals surface area contributed by atoms with Gasteiger partial charge in [-0.2, -0.15) is 0 Å². The third kappa shape index (κ3) is 5.13. The average molecular weight is 340 g/mol. The fourth-order valence-corrected chi connectivity index (χ4v) is 3.20. The Morgan fingerprint density at radius 3 is 2.48 bits per heavy atom. The molecule has 1 aromatic rings. The molecule has 1 aromatic carbocycles. The second kappa shape index (κ2) is 8.76. The number of thioether (sulfide) groups is 1. The van der Waals surface area contributed by atoms with Crippen LogP contribution >= 0.6 is 11.8 Å². The van der Waals surface area contributed by atoms with Crippen molar-refractivity contribution in [2.24, 2.45) is 0 Å². The maximum Gasteiger partial charge on any atom is 0.409 e. The highest BCUT2D eigenvalue weighted by atomic mass is 32.2. The zero-order chi connectivity index (χ0) is 16.7. The third-order valence-electron chi connectivity index (χ3n) is 3.57. The highest BCUT2D eigenvalue weighted by Crippen LogP contribution is 2.22. The Morgan fingerprint density at radius 1 is 1.17 bits per heavy atom. The summed E-state index contributed by atoms with van der Waals surface area (Å²) >= 11 is 1.34. The van der Waals surface area contributed by atoms with Crippen molar-refractivity contribution in [1.82, 2.24) is 9.80 Å². The number of hydrogen-bond acceptors (Lipinski definition) is 4. The summed E-state index contributed by atoms with van der Waals surface area (Å²) in [7, 11) is 0. The van der Waals surface area contributed by atoms with Crippen LogP contribution in [-0.2, 0) is 9.53 Å². The van der Waals surface area contributed by atoms with E-state index in [9.17, 15) is 14.0 Å². The van der Waals surface area contributed by atoms with Crippen LogP contribution in [0.2, 0.25) is 0 Å². The molecule has 0 aromatic heterocycles. The number of piperazine rings is 1. The van der Waals surface area contributed by atoms with Gasteiger partial charge in [-0.25, -0.2) is 9.18 Å². The van der Waals surface area contributed by atoms with Crippen molar-refractivity contribution in [3.63, 3.8) is 0 Å². The summed E-state index contributed by atoms with van der Waals surface area (Å²) in [6.07, 6.45) is 0.0352. The van der Waals surface area contributed by atoms with Gasteiger partial charge in [-0.05, 0) is 19.1 Å². The van der Waals surface area contributed by atoms with E-state index >= 15 is 0 Å². The molecule has 126 valence electrons. The molecule has 0 saturated carbocycles. The van der Waals surface area contributed by atoms with E-state index in [2.05, 4.69) is 0 Å². The lowest BCUT2D eigenvalue weighted by Crippen LogP contribution is -2.50. The summed E-state index contributed by atoms with van der Waals surface area (Å²) in [4.78, 5) is 27.7. The minimum Gasteiger partial charge on any atom is -0.450 e. The van der Waals surface area contributed by atoms with Crippen LogP contribution in [0.15, 0.2) is 29.2 Å². The molecule has 1 aliphatic rings. The topological polar surface area (TPSA) is 49.9 Å². The Morgan fingerprint density at radius 2 is 1.83 bits per heavy atom. The van der Waals surface area contributed by atoms with E-state index < -0.39 is 0 Å². The molecule has 0 unspecified atom stereocenters. The monoisotopic (exact) mass is 340 g/mol. The number of amides is 2. The lowest BCUT2D eigenvalue weighted by atomic mass is 10.3. The van der Waals surface area contributed by atoms with E-state index in [-0.39, 0.29) is 17.8 Å². The Labute approximate surface area is 139 Å². The summed E-state index contributed by atoms with van der Waals surface area (Å²) in [5.41, 5.74) is 0. The van der Waals surface area contributed by atoms with Gasteiger partial charge in [0.05, 0.1) is 6.61 Å². The number of hydrogen-bond donors (Lipinski definition) is 0. The van der Waals surface area contributed by atoms with Crippen LogP contribution in [-0.4, -0.2) is 60.3 Å². The summed E-state index contributed by atoms with van der Waals surface area (Å²) < 4.78 is 18.4. The molecule has 5 nitrogen and oxygen atoms in total. The molecular weight excluding hydrogens is 319 g/mol. The first-order valence-corrected chi connectivity index (χ1v) is 8.67. The molecule has 23 heavy (non-hydrogen) atoms. The molecule has 1 aliphatic heterocycles. The molecule has 1 heterocycles. The average Bonchev–Trinajstić information content (AvgIpc) is 2.57. The van der Waals surface area contributed by atoms with Crippen LogP contribution < -0.4 is 0 Å². The quantitative estimate of drug-likeness (QED) is 0.773. The van der Waals surface area contributed by atoms with Gasteiger partial charge in [0.15, 0.2) is 0 Å². The number of benzene rings is 1. The maximum absolute atomic E-state index is 13.5. The predicted octanol–water partition coefficient (Wildman–Crippen LogP) is 2.61. The molecule has 0 radical (unpaired) electrons. The van der Waals surface area contributed by atoms with E-state index in [0.717, 1.165) is 0 Å². The van der Waals surface area contributed by atoms with Gasteiger partial charge >= 0.3 is 6.09 Å². The first-order chi connectivity index (χ1) is 11.1. The minimum atomic E-state index is -0.324. The zero-order valence-electron chi connectivity index (χ0n) is 13.2. The number of nitrogens with zero attached hydrogens (tertiary/aromatic N) is 2. The smallest absolute Gasteiger partial charge is 0.409 e. The number of carbonyl (C=O) groups excluding carboxylic acids is 2. The summed E-state index contributed by atoms with van der Waals surface area (Å²) in [5.74, 6) is 0.322.